The van der Waals surface area contributed by atoms with Gasteiger partial charge in [-0.1, -0.05) is 0 Å². The van der Waals surface area contributed by atoms with Crippen LogP contribution >= 0.6 is 0 Å². The van der Waals surface area contributed by atoms with Crippen molar-refractivity contribution >= 4 is 0 Å². The van der Waals surface area contributed by atoms with Crippen LogP contribution in [-0.4, -0.2) is 13.7 Å². The normalized spacial score (nSPS) is 13.4. The van der Waals surface area contributed by atoms with E-state index in [-0.39, 0.29) is 6.04 Å². The fourth-order valence-corrected chi connectivity index (χ4v) is 0.764. The first-order valence-electron chi connectivity index (χ1n) is 3.12. The molecule has 1 aromatic rings. The van der Waals surface area contributed by atoms with Crippen LogP contribution in [0.25, 0.3) is 0 Å². The topological polar surface area (TPSA) is 48.4 Å². The van der Waals surface area contributed by atoms with Gasteiger partial charge in [-0.3, -0.25) is 0 Å². The molecule has 3 nitrogen and oxygen atoms in total. The van der Waals surface area contributed by atoms with Crippen LogP contribution in [0.3, 0.4) is 0 Å². The molecule has 0 aliphatic rings. The predicted molar refractivity (Wildman–Crippen MR) is 37.5 cm³/mol. The van der Waals surface area contributed by atoms with E-state index in [0.29, 0.717) is 6.61 Å². The van der Waals surface area contributed by atoms with Gasteiger partial charge in [0.2, 0.25) is 0 Å². The first kappa shape index (κ1) is 7.31. The summed E-state index contributed by atoms with van der Waals surface area (Å²) in [5, 5.41) is 0. The molecule has 0 aliphatic heterocycles. The van der Waals surface area contributed by atoms with Crippen LogP contribution in [0.15, 0.2) is 22.8 Å². The Bertz CT molecular complexity index is 172. The van der Waals surface area contributed by atoms with Gasteiger partial charge in [-0.2, -0.15) is 0 Å². The maximum Gasteiger partial charge on any atom is 0.122 e. The van der Waals surface area contributed by atoms with Crippen molar-refractivity contribution < 1.29 is 9.15 Å². The molecule has 0 unspecified atom stereocenters. The number of hydrogen-bond donors (Lipinski definition) is 1. The maximum atomic E-state index is 5.63. The highest BCUT2D eigenvalue weighted by atomic mass is 16.5. The minimum Gasteiger partial charge on any atom is -0.468 e. The van der Waals surface area contributed by atoms with Gasteiger partial charge >= 0.3 is 0 Å². The van der Waals surface area contributed by atoms with Crippen molar-refractivity contribution in [1.29, 1.82) is 0 Å². The molecule has 3 heteroatoms. The average molecular weight is 141 g/mol. The van der Waals surface area contributed by atoms with E-state index in [0.717, 1.165) is 5.76 Å². The summed E-state index contributed by atoms with van der Waals surface area (Å²) in [7, 11) is 1.61. The Morgan fingerprint density at radius 2 is 2.60 bits per heavy atom. The lowest BCUT2D eigenvalue weighted by Crippen LogP contribution is -2.14. The molecule has 2 N–H and O–H groups in total. The minimum atomic E-state index is -0.139. The highest BCUT2D eigenvalue weighted by Crippen LogP contribution is 2.09. The molecule has 1 atom stereocenters. The van der Waals surface area contributed by atoms with Gasteiger partial charge in [0.05, 0.1) is 18.9 Å². The summed E-state index contributed by atoms with van der Waals surface area (Å²) in [5.41, 5.74) is 5.63. The number of methoxy groups -OCH3 is 1. The molecule has 0 fully saturated rings. The maximum absolute atomic E-state index is 5.63. The summed E-state index contributed by atoms with van der Waals surface area (Å²) in [6.45, 7) is 0.494. The number of furan rings is 1. The van der Waals surface area contributed by atoms with Crippen molar-refractivity contribution in [2.45, 2.75) is 6.04 Å². The van der Waals surface area contributed by atoms with Crippen molar-refractivity contribution in [2.75, 3.05) is 13.7 Å². The van der Waals surface area contributed by atoms with Gasteiger partial charge in [0.15, 0.2) is 0 Å². The van der Waals surface area contributed by atoms with Crippen LogP contribution in [0.5, 0.6) is 0 Å². The summed E-state index contributed by atoms with van der Waals surface area (Å²) in [5.74, 6) is 0.766. The van der Waals surface area contributed by atoms with E-state index in [2.05, 4.69) is 0 Å². The van der Waals surface area contributed by atoms with Crippen LogP contribution in [0.4, 0.5) is 0 Å². The second-order valence-corrected chi connectivity index (χ2v) is 2.08. The number of ether oxygens (including phenoxy) is 1. The molecule has 10 heavy (non-hydrogen) atoms. The lowest BCUT2D eigenvalue weighted by Gasteiger charge is -2.05. The van der Waals surface area contributed by atoms with Crippen molar-refractivity contribution in [3.63, 3.8) is 0 Å². The zero-order valence-corrected chi connectivity index (χ0v) is 5.91. The van der Waals surface area contributed by atoms with E-state index in [9.17, 15) is 0 Å². The summed E-state index contributed by atoms with van der Waals surface area (Å²) in [6.07, 6.45) is 1.60. The zero-order chi connectivity index (χ0) is 7.40. The monoisotopic (exact) mass is 141 g/mol. The van der Waals surface area contributed by atoms with Gasteiger partial charge in [0, 0.05) is 7.11 Å². The van der Waals surface area contributed by atoms with E-state index < -0.39 is 0 Å². The van der Waals surface area contributed by atoms with Crippen LogP contribution in [0.1, 0.15) is 11.8 Å². The van der Waals surface area contributed by atoms with Crippen LogP contribution in [0.2, 0.25) is 0 Å². The number of rotatable bonds is 3. The van der Waals surface area contributed by atoms with E-state index in [1.807, 2.05) is 12.1 Å². The average Bonchev–Trinajstić information content (AvgIpc) is 2.38. The summed E-state index contributed by atoms with van der Waals surface area (Å²) < 4.78 is 9.89. The summed E-state index contributed by atoms with van der Waals surface area (Å²) >= 11 is 0. The zero-order valence-electron chi connectivity index (χ0n) is 5.91. The molecule has 0 spiro atoms. The molecule has 0 amide bonds. The molecule has 56 valence electrons. The molecule has 0 saturated heterocycles. The molecule has 0 saturated carbocycles. The fourth-order valence-electron chi connectivity index (χ4n) is 0.764. The van der Waals surface area contributed by atoms with Gasteiger partial charge < -0.3 is 14.9 Å². The summed E-state index contributed by atoms with van der Waals surface area (Å²) in [6, 6.07) is 3.51. The molecule has 0 aromatic carbocycles. The van der Waals surface area contributed by atoms with Crippen molar-refractivity contribution in [1.82, 2.24) is 0 Å². The molecule has 0 aliphatic carbocycles. The number of hydrogen-bond acceptors (Lipinski definition) is 3. The van der Waals surface area contributed by atoms with Crippen LogP contribution in [0, 0.1) is 0 Å². The van der Waals surface area contributed by atoms with Gasteiger partial charge in [-0.15, -0.1) is 0 Å². The van der Waals surface area contributed by atoms with Gasteiger partial charge in [-0.05, 0) is 12.1 Å². The largest absolute Gasteiger partial charge is 0.468 e. The fraction of sp³-hybridized carbons (Fsp3) is 0.429. The molecule has 1 aromatic heterocycles. The highest BCUT2D eigenvalue weighted by molar-refractivity contribution is 5.03. The van der Waals surface area contributed by atoms with E-state index in [1.165, 1.54) is 0 Å². The third-order valence-corrected chi connectivity index (χ3v) is 1.25. The Hall–Kier alpha value is -0.800. The Kier molecular flexibility index (Phi) is 2.48. The van der Waals surface area contributed by atoms with Gasteiger partial charge in [0.25, 0.3) is 0 Å². The molecule has 1 rings (SSSR count). The molecule has 0 radical (unpaired) electrons. The van der Waals surface area contributed by atoms with Crippen molar-refractivity contribution in [2.24, 2.45) is 5.73 Å². The van der Waals surface area contributed by atoms with Crippen molar-refractivity contribution in [3.8, 4) is 0 Å². The predicted octanol–water partition coefficient (Wildman–Crippen LogP) is 0.926. The third-order valence-electron chi connectivity index (χ3n) is 1.25. The SMILES string of the molecule is COC[C@H](N)c1ccco1. The van der Waals surface area contributed by atoms with Gasteiger partial charge in [-0.25, -0.2) is 0 Å². The Balaban J connectivity index is 2.50. The quantitative estimate of drug-likeness (QED) is 0.681. The highest BCUT2D eigenvalue weighted by Gasteiger charge is 2.06. The standard InChI is InChI=1S/C7H11NO2/c1-9-5-6(8)7-3-2-4-10-7/h2-4,6H,5,8H2,1H3/t6-/m0/s1. The molecular weight excluding hydrogens is 130 g/mol. The molecule has 1 heterocycles. The lowest BCUT2D eigenvalue weighted by atomic mass is 10.2. The van der Waals surface area contributed by atoms with E-state index in [1.54, 1.807) is 13.4 Å². The Labute approximate surface area is 59.8 Å². The summed E-state index contributed by atoms with van der Waals surface area (Å²) in [4.78, 5) is 0. The number of nitrogens with two attached hydrogens (primary N) is 1. The van der Waals surface area contributed by atoms with E-state index in [4.69, 9.17) is 14.9 Å². The Morgan fingerprint density at radius 3 is 3.10 bits per heavy atom. The second kappa shape index (κ2) is 3.39. The van der Waals surface area contributed by atoms with Crippen LogP contribution in [-0.2, 0) is 4.74 Å². The molecule has 0 bridgehead atoms. The molecular formula is C7H11NO2. The Morgan fingerprint density at radius 1 is 1.80 bits per heavy atom. The first-order valence-corrected chi connectivity index (χ1v) is 3.12. The lowest BCUT2D eigenvalue weighted by molar-refractivity contribution is 0.172. The van der Waals surface area contributed by atoms with E-state index >= 15 is 0 Å². The smallest absolute Gasteiger partial charge is 0.122 e. The third kappa shape index (κ3) is 1.59. The van der Waals surface area contributed by atoms with Gasteiger partial charge in [0.1, 0.15) is 5.76 Å². The second-order valence-electron chi connectivity index (χ2n) is 2.08. The minimum absolute atomic E-state index is 0.139. The van der Waals surface area contributed by atoms with Crippen molar-refractivity contribution in [3.05, 3.63) is 24.2 Å². The van der Waals surface area contributed by atoms with Crippen LogP contribution < -0.4 is 5.73 Å². The first-order chi connectivity index (χ1) is 4.84.